The summed E-state index contributed by atoms with van der Waals surface area (Å²) >= 11 is 0. The van der Waals surface area contributed by atoms with E-state index in [9.17, 15) is 4.79 Å². The molecule has 1 heterocycles. The predicted octanol–water partition coefficient (Wildman–Crippen LogP) is 1.30. The molecule has 1 aromatic heterocycles. The van der Waals surface area contributed by atoms with Gasteiger partial charge < -0.3 is 5.11 Å². The number of nitrogens with zero attached hydrogens (tertiary/aromatic N) is 1. The van der Waals surface area contributed by atoms with Crippen molar-refractivity contribution < 1.29 is 9.90 Å². The van der Waals surface area contributed by atoms with Crippen LogP contribution in [0, 0.1) is 6.92 Å². The Balaban J connectivity index is 3.15. The van der Waals surface area contributed by atoms with E-state index in [1.165, 1.54) is 19.2 Å². The summed E-state index contributed by atoms with van der Waals surface area (Å²) in [5.74, 6) is -0.0227. The SMILES string of the molecule is CC(=O)c1cnc(C)c(O)c1. The standard InChI is InChI=1S/C8H9NO2/c1-5-8(11)3-7(4-9-5)6(2)10/h3-4,11H,1-2H3. The molecule has 0 aliphatic heterocycles. The lowest BCUT2D eigenvalue weighted by Gasteiger charge is -1.98. The lowest BCUT2D eigenvalue weighted by atomic mass is 10.2. The molecule has 1 rings (SSSR count). The molecule has 58 valence electrons. The molecule has 0 radical (unpaired) electrons. The van der Waals surface area contributed by atoms with Gasteiger partial charge in [-0.1, -0.05) is 0 Å². The maximum Gasteiger partial charge on any atom is 0.161 e. The highest BCUT2D eigenvalue weighted by atomic mass is 16.3. The average Bonchev–Trinajstić information content (AvgIpc) is 1.94. The van der Waals surface area contributed by atoms with Gasteiger partial charge >= 0.3 is 0 Å². The van der Waals surface area contributed by atoms with Crippen molar-refractivity contribution in [3.05, 3.63) is 23.5 Å². The molecule has 0 atom stereocenters. The van der Waals surface area contributed by atoms with Crippen LogP contribution in [0.1, 0.15) is 23.0 Å². The Morgan fingerprint density at radius 1 is 1.64 bits per heavy atom. The van der Waals surface area contributed by atoms with Crippen LogP contribution in [-0.4, -0.2) is 15.9 Å². The van der Waals surface area contributed by atoms with Gasteiger partial charge in [-0.15, -0.1) is 0 Å². The van der Waals surface area contributed by atoms with Crippen molar-refractivity contribution in [2.45, 2.75) is 13.8 Å². The van der Waals surface area contributed by atoms with Crippen LogP contribution in [0.4, 0.5) is 0 Å². The van der Waals surface area contributed by atoms with Gasteiger partial charge in [0.1, 0.15) is 5.75 Å². The first-order chi connectivity index (χ1) is 5.11. The summed E-state index contributed by atoms with van der Waals surface area (Å²) in [5.41, 5.74) is 0.975. The van der Waals surface area contributed by atoms with E-state index in [1.54, 1.807) is 6.92 Å². The molecular weight excluding hydrogens is 142 g/mol. The first-order valence-electron chi connectivity index (χ1n) is 3.28. The Kier molecular flexibility index (Phi) is 1.89. The molecule has 0 aromatic carbocycles. The normalized spacial score (nSPS) is 9.64. The fourth-order valence-corrected chi connectivity index (χ4v) is 0.714. The third kappa shape index (κ3) is 1.55. The smallest absolute Gasteiger partial charge is 0.161 e. The van der Waals surface area contributed by atoms with Gasteiger partial charge in [0.05, 0.1) is 5.69 Å². The van der Waals surface area contributed by atoms with Crippen LogP contribution < -0.4 is 0 Å². The molecule has 0 aliphatic rings. The van der Waals surface area contributed by atoms with Crippen LogP contribution in [0.25, 0.3) is 0 Å². The van der Waals surface area contributed by atoms with Crippen molar-refractivity contribution >= 4 is 5.78 Å². The van der Waals surface area contributed by atoms with Crippen molar-refractivity contribution in [3.8, 4) is 5.75 Å². The van der Waals surface area contributed by atoms with E-state index in [1.807, 2.05) is 0 Å². The van der Waals surface area contributed by atoms with Gasteiger partial charge in [-0.25, -0.2) is 0 Å². The van der Waals surface area contributed by atoms with E-state index < -0.39 is 0 Å². The van der Waals surface area contributed by atoms with Gasteiger partial charge in [0.25, 0.3) is 0 Å². The van der Waals surface area contributed by atoms with Crippen molar-refractivity contribution in [3.63, 3.8) is 0 Å². The summed E-state index contributed by atoms with van der Waals surface area (Å²) in [4.78, 5) is 14.6. The number of Topliss-reactive ketones (excluding diaryl/α,β-unsaturated/α-hetero) is 1. The van der Waals surface area contributed by atoms with Crippen LogP contribution in [-0.2, 0) is 0 Å². The second kappa shape index (κ2) is 2.70. The minimum Gasteiger partial charge on any atom is -0.506 e. The van der Waals surface area contributed by atoms with Gasteiger partial charge in [0.15, 0.2) is 5.78 Å². The molecule has 3 heteroatoms. The number of aromatic nitrogens is 1. The molecule has 0 aliphatic carbocycles. The van der Waals surface area contributed by atoms with E-state index >= 15 is 0 Å². The van der Waals surface area contributed by atoms with Gasteiger partial charge in [-0.05, 0) is 19.9 Å². The number of rotatable bonds is 1. The minimum atomic E-state index is -0.0900. The van der Waals surface area contributed by atoms with Crippen LogP contribution in [0.15, 0.2) is 12.3 Å². The maximum atomic E-state index is 10.8. The number of aryl methyl sites for hydroxylation is 1. The summed E-state index contributed by atoms with van der Waals surface area (Å²) in [6, 6.07) is 1.42. The molecule has 1 N–H and O–H groups in total. The number of hydrogen-bond donors (Lipinski definition) is 1. The Morgan fingerprint density at radius 3 is 2.73 bits per heavy atom. The fourth-order valence-electron chi connectivity index (χ4n) is 0.714. The molecule has 0 bridgehead atoms. The third-order valence-corrected chi connectivity index (χ3v) is 1.47. The van der Waals surface area contributed by atoms with E-state index in [0.29, 0.717) is 11.3 Å². The largest absolute Gasteiger partial charge is 0.506 e. The summed E-state index contributed by atoms with van der Waals surface area (Å²) in [7, 11) is 0. The van der Waals surface area contributed by atoms with Gasteiger partial charge in [-0.3, -0.25) is 9.78 Å². The van der Waals surface area contributed by atoms with Gasteiger partial charge in [0, 0.05) is 11.8 Å². The molecule has 0 spiro atoms. The highest BCUT2D eigenvalue weighted by molar-refractivity contribution is 5.94. The summed E-state index contributed by atoms with van der Waals surface area (Å²) in [5, 5.41) is 9.13. The highest BCUT2D eigenvalue weighted by Gasteiger charge is 2.02. The molecule has 0 saturated heterocycles. The van der Waals surface area contributed by atoms with E-state index in [0.717, 1.165) is 0 Å². The Labute approximate surface area is 64.7 Å². The van der Waals surface area contributed by atoms with Crippen LogP contribution in [0.5, 0.6) is 5.75 Å². The molecule has 3 nitrogen and oxygen atoms in total. The minimum absolute atomic E-state index is 0.0673. The van der Waals surface area contributed by atoms with Crippen molar-refractivity contribution in [1.82, 2.24) is 4.98 Å². The lowest BCUT2D eigenvalue weighted by Crippen LogP contribution is -1.93. The molecule has 11 heavy (non-hydrogen) atoms. The zero-order chi connectivity index (χ0) is 8.43. The third-order valence-electron chi connectivity index (χ3n) is 1.47. The van der Waals surface area contributed by atoms with Crippen LogP contribution >= 0.6 is 0 Å². The molecule has 0 saturated carbocycles. The number of hydrogen-bond acceptors (Lipinski definition) is 3. The maximum absolute atomic E-state index is 10.8. The number of aromatic hydroxyl groups is 1. The molecule has 0 unspecified atom stereocenters. The van der Waals surface area contributed by atoms with E-state index in [-0.39, 0.29) is 11.5 Å². The van der Waals surface area contributed by atoms with Crippen molar-refractivity contribution in [2.24, 2.45) is 0 Å². The summed E-state index contributed by atoms with van der Waals surface area (Å²) < 4.78 is 0. The molecule has 1 aromatic rings. The van der Waals surface area contributed by atoms with Crippen molar-refractivity contribution in [1.29, 1.82) is 0 Å². The Bertz CT molecular complexity index is 294. The van der Waals surface area contributed by atoms with Gasteiger partial charge in [0.2, 0.25) is 0 Å². The predicted molar refractivity (Wildman–Crippen MR) is 40.6 cm³/mol. The van der Waals surface area contributed by atoms with Crippen molar-refractivity contribution in [2.75, 3.05) is 0 Å². The second-order valence-electron chi connectivity index (χ2n) is 2.38. The topological polar surface area (TPSA) is 50.2 Å². The average molecular weight is 151 g/mol. The first kappa shape index (κ1) is 7.72. The number of ketones is 1. The number of pyridine rings is 1. The quantitative estimate of drug-likeness (QED) is 0.615. The van der Waals surface area contributed by atoms with Gasteiger partial charge in [-0.2, -0.15) is 0 Å². The Hall–Kier alpha value is -1.38. The molecule has 0 fully saturated rings. The highest BCUT2D eigenvalue weighted by Crippen LogP contribution is 2.14. The van der Waals surface area contributed by atoms with E-state index in [2.05, 4.69) is 4.98 Å². The van der Waals surface area contributed by atoms with E-state index in [4.69, 9.17) is 5.11 Å². The fraction of sp³-hybridized carbons (Fsp3) is 0.250. The zero-order valence-electron chi connectivity index (χ0n) is 6.46. The van der Waals surface area contributed by atoms with Crippen LogP contribution in [0.2, 0.25) is 0 Å². The summed E-state index contributed by atoms with van der Waals surface area (Å²) in [6.07, 6.45) is 1.46. The number of carbonyl (C=O) groups is 1. The second-order valence-corrected chi connectivity index (χ2v) is 2.38. The Morgan fingerprint density at radius 2 is 2.27 bits per heavy atom. The molecule has 0 amide bonds. The first-order valence-corrected chi connectivity index (χ1v) is 3.28. The zero-order valence-corrected chi connectivity index (χ0v) is 6.46. The molecular formula is C8H9NO2. The number of carbonyl (C=O) groups excluding carboxylic acids is 1. The summed E-state index contributed by atoms with van der Waals surface area (Å²) in [6.45, 7) is 3.12. The lowest BCUT2D eigenvalue weighted by molar-refractivity contribution is 0.101. The monoisotopic (exact) mass is 151 g/mol. The van der Waals surface area contributed by atoms with Crippen LogP contribution in [0.3, 0.4) is 0 Å².